The normalized spacial score (nSPS) is 10.4. The van der Waals surface area contributed by atoms with E-state index in [4.69, 9.17) is 39.5 Å². The molecule has 0 N–H and O–H groups in total. The molecule has 0 heterocycles. The van der Waals surface area contributed by atoms with E-state index < -0.39 is 0 Å². The lowest BCUT2D eigenvalue weighted by Gasteiger charge is -2.09. The van der Waals surface area contributed by atoms with E-state index in [1.807, 2.05) is 25.1 Å². The smallest absolute Gasteiger partial charge is 0.146 e. The van der Waals surface area contributed by atoms with Gasteiger partial charge in [-0.25, -0.2) is 0 Å². The summed E-state index contributed by atoms with van der Waals surface area (Å²) in [5.41, 5.74) is 1.92. The third kappa shape index (κ3) is 3.11. The number of aryl methyl sites for hydroxylation is 1. The molecule has 18 heavy (non-hydrogen) atoms. The van der Waals surface area contributed by atoms with Gasteiger partial charge >= 0.3 is 0 Å². The average molecular weight is 302 g/mol. The molecular weight excluding hydrogens is 291 g/mol. The zero-order valence-electron chi connectivity index (χ0n) is 9.71. The minimum Gasteiger partial charge on any atom is -0.456 e. The van der Waals surface area contributed by atoms with Crippen molar-refractivity contribution in [2.45, 2.75) is 12.8 Å². The van der Waals surface area contributed by atoms with Gasteiger partial charge in [0.1, 0.15) is 11.5 Å². The quantitative estimate of drug-likeness (QED) is 0.648. The molecule has 0 radical (unpaired) electrons. The lowest BCUT2D eigenvalue weighted by molar-refractivity contribution is 0.482. The van der Waals surface area contributed by atoms with Crippen LogP contribution >= 0.6 is 34.8 Å². The molecule has 2 aromatic carbocycles. The summed E-state index contributed by atoms with van der Waals surface area (Å²) in [6.07, 6.45) is 0. The van der Waals surface area contributed by atoms with Crippen molar-refractivity contribution in [2.75, 3.05) is 0 Å². The molecule has 0 aromatic heterocycles. The molecule has 0 saturated heterocycles. The van der Waals surface area contributed by atoms with E-state index in [9.17, 15) is 0 Å². The summed E-state index contributed by atoms with van der Waals surface area (Å²) in [5, 5.41) is 1.26. The number of rotatable bonds is 3. The fraction of sp³-hybridized carbons (Fsp3) is 0.143. The summed E-state index contributed by atoms with van der Waals surface area (Å²) in [4.78, 5) is 0. The fourth-order valence-corrected chi connectivity index (χ4v) is 2.04. The van der Waals surface area contributed by atoms with E-state index in [1.54, 1.807) is 18.2 Å². The highest BCUT2D eigenvalue weighted by Crippen LogP contribution is 2.32. The molecule has 0 bridgehead atoms. The zero-order chi connectivity index (χ0) is 13.1. The Hall–Kier alpha value is -0.890. The summed E-state index contributed by atoms with van der Waals surface area (Å²) in [6.45, 7) is 1.92. The van der Waals surface area contributed by atoms with Gasteiger partial charge in [0.15, 0.2) is 0 Å². The van der Waals surface area contributed by atoms with Crippen molar-refractivity contribution in [1.29, 1.82) is 0 Å². The third-order valence-electron chi connectivity index (χ3n) is 2.51. The second-order valence-electron chi connectivity index (χ2n) is 3.91. The Morgan fingerprint density at radius 3 is 2.39 bits per heavy atom. The predicted octanol–water partition coefficient (Wildman–Crippen LogP) is 5.83. The molecule has 2 aromatic rings. The van der Waals surface area contributed by atoms with Crippen molar-refractivity contribution in [1.82, 2.24) is 0 Å². The number of hydrogen-bond donors (Lipinski definition) is 0. The van der Waals surface area contributed by atoms with Crippen LogP contribution in [-0.2, 0) is 5.88 Å². The van der Waals surface area contributed by atoms with E-state index in [0.717, 1.165) is 11.1 Å². The molecule has 0 fully saturated rings. The lowest BCUT2D eigenvalue weighted by Crippen LogP contribution is -1.88. The molecule has 0 amide bonds. The van der Waals surface area contributed by atoms with Crippen LogP contribution in [0.4, 0.5) is 0 Å². The van der Waals surface area contributed by atoms with Crippen LogP contribution in [0, 0.1) is 6.92 Å². The molecule has 0 unspecified atom stereocenters. The van der Waals surface area contributed by atoms with Crippen molar-refractivity contribution >= 4 is 34.8 Å². The van der Waals surface area contributed by atoms with E-state index in [2.05, 4.69) is 0 Å². The summed E-state index contributed by atoms with van der Waals surface area (Å²) in [6, 6.07) is 11.0. The second-order valence-corrected chi connectivity index (χ2v) is 4.99. The van der Waals surface area contributed by atoms with Crippen molar-refractivity contribution in [2.24, 2.45) is 0 Å². The minimum absolute atomic E-state index is 0.431. The topological polar surface area (TPSA) is 9.23 Å². The Bertz CT molecular complexity index is 567. The highest BCUT2D eigenvalue weighted by molar-refractivity contribution is 6.32. The average Bonchev–Trinajstić information content (AvgIpc) is 2.36. The van der Waals surface area contributed by atoms with Crippen LogP contribution in [0.1, 0.15) is 11.1 Å². The van der Waals surface area contributed by atoms with Crippen molar-refractivity contribution in [3.05, 3.63) is 57.6 Å². The van der Waals surface area contributed by atoms with Crippen LogP contribution in [0.15, 0.2) is 36.4 Å². The number of halogens is 3. The fourth-order valence-electron chi connectivity index (χ4n) is 1.52. The zero-order valence-corrected chi connectivity index (χ0v) is 12.0. The predicted molar refractivity (Wildman–Crippen MR) is 77.3 cm³/mol. The molecule has 1 nitrogen and oxygen atoms in total. The summed E-state index contributed by atoms with van der Waals surface area (Å²) in [5.74, 6) is 1.74. The monoisotopic (exact) mass is 300 g/mol. The molecular formula is C14H11Cl3O. The Morgan fingerprint density at radius 1 is 1.00 bits per heavy atom. The maximum absolute atomic E-state index is 6.12. The van der Waals surface area contributed by atoms with Gasteiger partial charge in [0.05, 0.1) is 5.02 Å². The van der Waals surface area contributed by atoms with Crippen LogP contribution in [0.25, 0.3) is 0 Å². The second kappa shape index (κ2) is 5.83. The summed E-state index contributed by atoms with van der Waals surface area (Å²) in [7, 11) is 0. The summed E-state index contributed by atoms with van der Waals surface area (Å²) < 4.78 is 5.71. The Kier molecular flexibility index (Phi) is 4.39. The standard InChI is InChI=1S/C14H11Cl3O/c1-9-6-11(3-4-12(9)16)18-14-5-2-10(8-15)7-13(14)17/h2-7H,8H2,1H3. The first-order valence-corrected chi connectivity index (χ1v) is 6.67. The first-order chi connectivity index (χ1) is 8.60. The van der Waals surface area contributed by atoms with Gasteiger partial charge in [-0.15, -0.1) is 11.6 Å². The van der Waals surface area contributed by atoms with Gasteiger partial charge in [-0.3, -0.25) is 0 Å². The van der Waals surface area contributed by atoms with E-state index in [0.29, 0.717) is 27.4 Å². The minimum atomic E-state index is 0.431. The Balaban J connectivity index is 2.25. The van der Waals surface area contributed by atoms with Crippen molar-refractivity contribution in [3.8, 4) is 11.5 Å². The highest BCUT2D eigenvalue weighted by atomic mass is 35.5. The molecule has 0 aliphatic rings. The molecule has 0 aliphatic carbocycles. The highest BCUT2D eigenvalue weighted by Gasteiger charge is 2.05. The molecule has 0 aliphatic heterocycles. The van der Waals surface area contributed by atoms with Gasteiger partial charge in [0, 0.05) is 10.9 Å². The maximum Gasteiger partial charge on any atom is 0.146 e. The number of alkyl halides is 1. The van der Waals surface area contributed by atoms with Gasteiger partial charge in [-0.2, -0.15) is 0 Å². The van der Waals surface area contributed by atoms with E-state index >= 15 is 0 Å². The Morgan fingerprint density at radius 2 is 1.78 bits per heavy atom. The Labute approximate surface area is 121 Å². The van der Waals surface area contributed by atoms with Crippen molar-refractivity contribution < 1.29 is 4.74 Å². The maximum atomic E-state index is 6.12. The number of hydrogen-bond acceptors (Lipinski definition) is 1. The molecule has 2 rings (SSSR count). The SMILES string of the molecule is Cc1cc(Oc2ccc(CCl)cc2Cl)ccc1Cl. The third-order valence-corrected chi connectivity index (χ3v) is 3.54. The molecule has 94 valence electrons. The van der Waals surface area contributed by atoms with Gasteiger partial charge < -0.3 is 4.74 Å². The molecule has 4 heteroatoms. The van der Waals surface area contributed by atoms with E-state index in [-0.39, 0.29) is 0 Å². The molecule has 0 atom stereocenters. The van der Waals surface area contributed by atoms with Gasteiger partial charge in [-0.1, -0.05) is 29.3 Å². The van der Waals surface area contributed by atoms with Crippen LogP contribution in [0.5, 0.6) is 11.5 Å². The van der Waals surface area contributed by atoms with Gasteiger partial charge in [0.25, 0.3) is 0 Å². The van der Waals surface area contributed by atoms with Crippen LogP contribution in [0.3, 0.4) is 0 Å². The van der Waals surface area contributed by atoms with Gasteiger partial charge in [0.2, 0.25) is 0 Å². The number of benzene rings is 2. The summed E-state index contributed by atoms with van der Waals surface area (Å²) >= 11 is 17.8. The number of ether oxygens (including phenoxy) is 1. The first-order valence-electron chi connectivity index (χ1n) is 5.38. The van der Waals surface area contributed by atoms with Gasteiger partial charge in [-0.05, 0) is 48.4 Å². The molecule has 0 saturated carbocycles. The lowest BCUT2D eigenvalue weighted by atomic mass is 10.2. The largest absolute Gasteiger partial charge is 0.456 e. The first kappa shape index (κ1) is 13.5. The van der Waals surface area contributed by atoms with Crippen LogP contribution in [0.2, 0.25) is 10.0 Å². The van der Waals surface area contributed by atoms with Crippen LogP contribution < -0.4 is 4.74 Å². The van der Waals surface area contributed by atoms with Crippen molar-refractivity contribution in [3.63, 3.8) is 0 Å². The molecule has 0 spiro atoms. The van der Waals surface area contributed by atoms with Crippen LogP contribution in [-0.4, -0.2) is 0 Å². The van der Waals surface area contributed by atoms with E-state index in [1.165, 1.54) is 0 Å².